The second-order valence-electron chi connectivity index (χ2n) is 4.52. The molecule has 1 fully saturated rings. The molecule has 1 aliphatic heterocycles. The van der Waals surface area contributed by atoms with Crippen LogP contribution in [-0.2, 0) is 6.42 Å². The highest BCUT2D eigenvalue weighted by Gasteiger charge is 2.24. The molecule has 1 N–H and O–H groups in total. The third-order valence-corrected chi connectivity index (χ3v) is 3.08. The topological polar surface area (TPSA) is 38.3 Å². The largest absolute Gasteiger partial charge is 0.493 e. The van der Waals surface area contributed by atoms with Gasteiger partial charge in [-0.3, -0.25) is 4.79 Å². The van der Waals surface area contributed by atoms with Gasteiger partial charge in [-0.25, -0.2) is 0 Å². The Morgan fingerprint density at radius 3 is 3.06 bits per heavy atom. The van der Waals surface area contributed by atoms with Crippen molar-refractivity contribution < 1.29 is 9.53 Å². The van der Waals surface area contributed by atoms with E-state index in [0.717, 1.165) is 49.2 Å². The normalized spacial score (nSPS) is 18.5. The Balaban J connectivity index is 1.81. The number of ether oxygens (including phenoxy) is 1. The zero-order valence-corrected chi connectivity index (χ0v) is 9.16. The number of hydrogen-bond acceptors (Lipinski definition) is 2. The van der Waals surface area contributed by atoms with Gasteiger partial charge in [0.1, 0.15) is 5.75 Å². The lowest BCUT2D eigenvalue weighted by atomic mass is 10.0. The van der Waals surface area contributed by atoms with E-state index in [0.29, 0.717) is 6.04 Å². The molecule has 0 saturated heterocycles. The van der Waals surface area contributed by atoms with Crippen molar-refractivity contribution in [2.75, 3.05) is 6.61 Å². The molecule has 1 aliphatic carbocycles. The van der Waals surface area contributed by atoms with Crippen LogP contribution in [0, 0.1) is 0 Å². The first-order valence-corrected chi connectivity index (χ1v) is 5.89. The number of hydrogen-bond donors (Lipinski definition) is 1. The highest BCUT2D eigenvalue weighted by Crippen LogP contribution is 2.26. The molecule has 0 unspecified atom stereocenters. The number of benzene rings is 1. The minimum absolute atomic E-state index is 0.0517. The summed E-state index contributed by atoms with van der Waals surface area (Å²) in [6.45, 7) is 0.792. The molecule has 0 bridgehead atoms. The number of aryl methyl sites for hydroxylation is 1. The lowest BCUT2D eigenvalue weighted by Gasteiger charge is -2.17. The number of fused-ring (bicyclic) bond motifs is 1. The maximum Gasteiger partial charge on any atom is 0.251 e. The Hall–Kier alpha value is -1.51. The second kappa shape index (κ2) is 3.81. The molecule has 16 heavy (non-hydrogen) atoms. The van der Waals surface area contributed by atoms with E-state index in [1.807, 2.05) is 18.2 Å². The predicted octanol–water partition coefficient (Wildman–Crippen LogP) is 1.90. The van der Waals surface area contributed by atoms with Crippen LogP contribution in [0.1, 0.15) is 35.2 Å². The fourth-order valence-electron chi connectivity index (χ4n) is 2.00. The quantitative estimate of drug-likeness (QED) is 0.821. The van der Waals surface area contributed by atoms with Gasteiger partial charge in [-0.2, -0.15) is 0 Å². The minimum atomic E-state index is 0.0517. The summed E-state index contributed by atoms with van der Waals surface area (Å²) in [5.74, 6) is 0.991. The van der Waals surface area contributed by atoms with Gasteiger partial charge in [0.05, 0.1) is 6.61 Å². The van der Waals surface area contributed by atoms with Gasteiger partial charge in [-0.05, 0) is 49.4 Å². The molecule has 1 amide bonds. The zero-order chi connectivity index (χ0) is 11.0. The average Bonchev–Trinajstić information content (AvgIpc) is 3.12. The van der Waals surface area contributed by atoms with Crippen LogP contribution in [0.2, 0.25) is 0 Å². The van der Waals surface area contributed by atoms with Crippen molar-refractivity contribution in [3.63, 3.8) is 0 Å². The smallest absolute Gasteiger partial charge is 0.251 e. The van der Waals surface area contributed by atoms with Crippen LogP contribution in [-0.4, -0.2) is 18.6 Å². The van der Waals surface area contributed by atoms with Crippen molar-refractivity contribution in [1.82, 2.24) is 5.32 Å². The van der Waals surface area contributed by atoms with Gasteiger partial charge in [-0.15, -0.1) is 0 Å². The SMILES string of the molecule is O=C(NC1CC1)c1ccc2c(c1)CCCO2. The molecule has 1 aromatic carbocycles. The van der Waals surface area contributed by atoms with Crippen molar-refractivity contribution in [2.24, 2.45) is 0 Å². The number of carbonyl (C=O) groups excluding carboxylic acids is 1. The zero-order valence-electron chi connectivity index (χ0n) is 9.16. The van der Waals surface area contributed by atoms with E-state index >= 15 is 0 Å². The summed E-state index contributed by atoms with van der Waals surface area (Å²) in [7, 11) is 0. The van der Waals surface area contributed by atoms with Gasteiger partial charge in [-0.1, -0.05) is 0 Å². The Morgan fingerprint density at radius 2 is 2.25 bits per heavy atom. The summed E-state index contributed by atoms with van der Waals surface area (Å²) in [5, 5.41) is 3.00. The molecule has 0 radical (unpaired) electrons. The van der Waals surface area contributed by atoms with E-state index in [1.54, 1.807) is 0 Å². The summed E-state index contributed by atoms with van der Waals surface area (Å²) < 4.78 is 5.52. The van der Waals surface area contributed by atoms with E-state index in [9.17, 15) is 4.79 Å². The number of nitrogens with one attached hydrogen (secondary N) is 1. The van der Waals surface area contributed by atoms with Crippen LogP contribution in [0.5, 0.6) is 5.75 Å². The molecule has 2 aliphatic rings. The number of amides is 1. The molecule has 3 nitrogen and oxygen atoms in total. The highest BCUT2D eigenvalue weighted by molar-refractivity contribution is 5.95. The standard InChI is InChI=1S/C13H15NO2/c15-13(14-11-4-5-11)10-3-6-12-9(8-10)2-1-7-16-12/h3,6,8,11H,1-2,4-5,7H2,(H,14,15). The third-order valence-electron chi connectivity index (χ3n) is 3.08. The molecule has 3 rings (SSSR count). The molecule has 0 spiro atoms. The first-order valence-electron chi connectivity index (χ1n) is 5.89. The van der Waals surface area contributed by atoms with Crippen LogP contribution >= 0.6 is 0 Å². The number of carbonyl (C=O) groups is 1. The van der Waals surface area contributed by atoms with Crippen LogP contribution in [0.15, 0.2) is 18.2 Å². The van der Waals surface area contributed by atoms with E-state index in [1.165, 1.54) is 0 Å². The van der Waals surface area contributed by atoms with Crippen molar-refractivity contribution in [3.05, 3.63) is 29.3 Å². The van der Waals surface area contributed by atoms with Crippen LogP contribution in [0.3, 0.4) is 0 Å². The lowest BCUT2D eigenvalue weighted by molar-refractivity contribution is 0.0951. The molecule has 0 aromatic heterocycles. The van der Waals surface area contributed by atoms with Gasteiger partial charge >= 0.3 is 0 Å². The van der Waals surface area contributed by atoms with Gasteiger partial charge in [0.15, 0.2) is 0 Å². The third kappa shape index (κ3) is 1.90. The van der Waals surface area contributed by atoms with Gasteiger partial charge < -0.3 is 10.1 Å². The van der Waals surface area contributed by atoms with Crippen molar-refractivity contribution in [2.45, 2.75) is 31.7 Å². The molecule has 0 atom stereocenters. The van der Waals surface area contributed by atoms with Crippen molar-refractivity contribution in [3.8, 4) is 5.75 Å². The summed E-state index contributed by atoms with van der Waals surface area (Å²) in [4.78, 5) is 11.8. The van der Waals surface area contributed by atoms with Gasteiger partial charge in [0.25, 0.3) is 5.91 Å². The van der Waals surface area contributed by atoms with Crippen molar-refractivity contribution >= 4 is 5.91 Å². The molecule has 1 heterocycles. The molecule has 3 heteroatoms. The van der Waals surface area contributed by atoms with E-state index in [4.69, 9.17) is 4.74 Å². The Bertz CT molecular complexity index is 424. The Kier molecular flexibility index (Phi) is 2.31. The summed E-state index contributed by atoms with van der Waals surface area (Å²) in [5.41, 5.74) is 1.92. The van der Waals surface area contributed by atoms with Crippen LogP contribution < -0.4 is 10.1 Å². The van der Waals surface area contributed by atoms with E-state index in [2.05, 4.69) is 5.32 Å². The maximum absolute atomic E-state index is 11.8. The fraction of sp³-hybridized carbons (Fsp3) is 0.462. The molecular formula is C13H15NO2. The first-order chi connectivity index (χ1) is 7.83. The maximum atomic E-state index is 11.8. The molecule has 1 aromatic rings. The fourth-order valence-corrected chi connectivity index (χ4v) is 2.00. The average molecular weight is 217 g/mol. The summed E-state index contributed by atoms with van der Waals surface area (Å²) >= 11 is 0. The number of rotatable bonds is 2. The summed E-state index contributed by atoms with van der Waals surface area (Å²) in [6, 6.07) is 6.14. The highest BCUT2D eigenvalue weighted by atomic mass is 16.5. The molecule has 84 valence electrons. The van der Waals surface area contributed by atoms with E-state index in [-0.39, 0.29) is 5.91 Å². The monoisotopic (exact) mass is 217 g/mol. The first kappa shape index (κ1) is 9.70. The second-order valence-corrected chi connectivity index (χ2v) is 4.52. The Labute approximate surface area is 94.8 Å². The van der Waals surface area contributed by atoms with Crippen LogP contribution in [0.4, 0.5) is 0 Å². The molecule has 1 saturated carbocycles. The van der Waals surface area contributed by atoms with Crippen LogP contribution in [0.25, 0.3) is 0 Å². The van der Waals surface area contributed by atoms with Gasteiger partial charge in [0.2, 0.25) is 0 Å². The predicted molar refractivity (Wildman–Crippen MR) is 60.7 cm³/mol. The molecular weight excluding hydrogens is 202 g/mol. The Morgan fingerprint density at radius 1 is 1.38 bits per heavy atom. The van der Waals surface area contributed by atoms with Crippen molar-refractivity contribution in [1.29, 1.82) is 0 Å². The summed E-state index contributed by atoms with van der Waals surface area (Å²) in [6.07, 6.45) is 4.31. The lowest BCUT2D eigenvalue weighted by Crippen LogP contribution is -2.25. The van der Waals surface area contributed by atoms with Gasteiger partial charge in [0, 0.05) is 11.6 Å². The minimum Gasteiger partial charge on any atom is -0.493 e. The van der Waals surface area contributed by atoms with E-state index < -0.39 is 0 Å².